The molecule has 1 fully saturated rings. The Labute approximate surface area is 87.7 Å². The molecule has 0 aromatic heterocycles. The number of carbonyl (C=O) groups excluding carboxylic acids is 1. The Morgan fingerprint density at radius 3 is 2.21 bits per heavy atom. The highest BCUT2D eigenvalue weighted by Crippen LogP contribution is 2.25. The van der Waals surface area contributed by atoms with Gasteiger partial charge in [0.1, 0.15) is 0 Å². The van der Waals surface area contributed by atoms with Gasteiger partial charge < -0.3 is 4.90 Å². The average molecular weight is 197 g/mol. The zero-order chi connectivity index (χ0) is 10.9. The first-order valence-electron chi connectivity index (χ1n) is 5.74. The van der Waals surface area contributed by atoms with Gasteiger partial charge in [-0.25, -0.2) is 0 Å². The van der Waals surface area contributed by atoms with Crippen LogP contribution in [0.3, 0.4) is 0 Å². The van der Waals surface area contributed by atoms with Crippen molar-refractivity contribution < 1.29 is 4.79 Å². The molecule has 0 bridgehead atoms. The van der Waals surface area contributed by atoms with Crippen LogP contribution in [-0.4, -0.2) is 23.4 Å². The largest absolute Gasteiger partial charge is 0.339 e. The SMILES string of the molecule is CC1CC(C)N(C(=O)C(C)C(C)C)C1. The maximum Gasteiger partial charge on any atom is 0.225 e. The highest BCUT2D eigenvalue weighted by molar-refractivity contribution is 5.79. The number of rotatable bonds is 2. The van der Waals surface area contributed by atoms with Crippen LogP contribution in [0.4, 0.5) is 0 Å². The summed E-state index contributed by atoms with van der Waals surface area (Å²) in [4.78, 5) is 14.1. The van der Waals surface area contributed by atoms with Gasteiger partial charge in [0.05, 0.1) is 0 Å². The Morgan fingerprint density at radius 2 is 1.86 bits per heavy atom. The first-order valence-corrected chi connectivity index (χ1v) is 5.74. The fourth-order valence-electron chi connectivity index (χ4n) is 2.15. The van der Waals surface area contributed by atoms with E-state index in [9.17, 15) is 4.79 Å². The summed E-state index contributed by atoms with van der Waals surface area (Å²) in [6.45, 7) is 11.6. The van der Waals surface area contributed by atoms with Crippen LogP contribution in [0.5, 0.6) is 0 Å². The molecule has 1 saturated heterocycles. The molecule has 1 aliphatic heterocycles. The fourth-order valence-corrected chi connectivity index (χ4v) is 2.15. The Hall–Kier alpha value is -0.530. The number of likely N-dealkylation sites (tertiary alicyclic amines) is 1. The molecule has 0 aliphatic carbocycles. The smallest absolute Gasteiger partial charge is 0.225 e. The first-order chi connectivity index (χ1) is 6.43. The summed E-state index contributed by atoms with van der Waals surface area (Å²) in [6, 6.07) is 0.443. The third-order valence-electron chi connectivity index (χ3n) is 3.46. The van der Waals surface area contributed by atoms with E-state index in [1.165, 1.54) is 0 Å². The van der Waals surface area contributed by atoms with Crippen LogP contribution >= 0.6 is 0 Å². The van der Waals surface area contributed by atoms with Crippen LogP contribution in [-0.2, 0) is 4.79 Å². The predicted octanol–water partition coefficient (Wildman–Crippen LogP) is 2.54. The molecule has 1 amide bonds. The van der Waals surface area contributed by atoms with E-state index < -0.39 is 0 Å². The second-order valence-electron chi connectivity index (χ2n) is 5.21. The Balaban J connectivity index is 2.61. The molecule has 1 aliphatic rings. The van der Waals surface area contributed by atoms with Gasteiger partial charge in [-0.05, 0) is 25.2 Å². The summed E-state index contributed by atoms with van der Waals surface area (Å²) in [5, 5.41) is 0. The molecule has 1 rings (SSSR count). The van der Waals surface area contributed by atoms with E-state index in [1.54, 1.807) is 0 Å². The van der Waals surface area contributed by atoms with E-state index in [2.05, 4.69) is 32.6 Å². The Bertz CT molecular complexity index is 212. The monoisotopic (exact) mass is 197 g/mol. The van der Waals surface area contributed by atoms with E-state index in [4.69, 9.17) is 0 Å². The molecular weight excluding hydrogens is 174 g/mol. The van der Waals surface area contributed by atoms with Gasteiger partial charge in [-0.15, -0.1) is 0 Å². The third-order valence-corrected chi connectivity index (χ3v) is 3.46. The van der Waals surface area contributed by atoms with E-state index in [-0.39, 0.29) is 5.92 Å². The molecular formula is C12H23NO. The highest BCUT2D eigenvalue weighted by atomic mass is 16.2. The minimum atomic E-state index is 0.169. The van der Waals surface area contributed by atoms with E-state index in [0.29, 0.717) is 23.8 Å². The lowest BCUT2D eigenvalue weighted by Crippen LogP contribution is -2.39. The van der Waals surface area contributed by atoms with Crippen LogP contribution in [0.1, 0.15) is 41.0 Å². The van der Waals surface area contributed by atoms with Crippen LogP contribution in [0, 0.1) is 17.8 Å². The van der Waals surface area contributed by atoms with Crippen LogP contribution in [0.15, 0.2) is 0 Å². The van der Waals surface area contributed by atoms with Crippen LogP contribution in [0.2, 0.25) is 0 Å². The lowest BCUT2D eigenvalue weighted by atomic mass is 9.96. The normalized spacial score (nSPS) is 29.7. The van der Waals surface area contributed by atoms with E-state index in [1.807, 2.05) is 6.92 Å². The summed E-state index contributed by atoms with van der Waals surface area (Å²) in [5.41, 5.74) is 0. The topological polar surface area (TPSA) is 20.3 Å². The number of hydrogen-bond donors (Lipinski definition) is 0. The molecule has 0 N–H and O–H groups in total. The Kier molecular flexibility index (Phi) is 3.57. The number of nitrogens with zero attached hydrogens (tertiary/aromatic N) is 1. The molecule has 1 heterocycles. The molecule has 0 aromatic carbocycles. The molecule has 3 unspecified atom stereocenters. The van der Waals surface area contributed by atoms with Crippen molar-refractivity contribution in [3.63, 3.8) is 0 Å². The molecule has 0 radical (unpaired) electrons. The number of hydrogen-bond acceptors (Lipinski definition) is 1. The van der Waals surface area contributed by atoms with E-state index >= 15 is 0 Å². The molecule has 14 heavy (non-hydrogen) atoms. The van der Waals surface area contributed by atoms with Crippen molar-refractivity contribution in [2.45, 2.75) is 47.1 Å². The van der Waals surface area contributed by atoms with Gasteiger partial charge in [0.2, 0.25) is 5.91 Å². The summed E-state index contributed by atoms with van der Waals surface area (Å²) < 4.78 is 0. The van der Waals surface area contributed by atoms with E-state index in [0.717, 1.165) is 13.0 Å². The molecule has 0 saturated carbocycles. The van der Waals surface area contributed by atoms with Crippen molar-refractivity contribution in [3.8, 4) is 0 Å². The maximum absolute atomic E-state index is 12.1. The van der Waals surface area contributed by atoms with Gasteiger partial charge in [-0.1, -0.05) is 27.7 Å². The minimum Gasteiger partial charge on any atom is -0.339 e. The van der Waals surface area contributed by atoms with Gasteiger partial charge >= 0.3 is 0 Å². The standard InChI is InChI=1S/C12H23NO/c1-8(2)11(5)12(14)13-7-9(3)6-10(13)4/h8-11H,6-7H2,1-5H3. The predicted molar refractivity (Wildman–Crippen MR) is 59.0 cm³/mol. The molecule has 2 nitrogen and oxygen atoms in total. The summed E-state index contributed by atoms with van der Waals surface area (Å²) in [6.07, 6.45) is 1.16. The van der Waals surface area contributed by atoms with Gasteiger partial charge in [0.25, 0.3) is 0 Å². The molecule has 0 aromatic rings. The second kappa shape index (κ2) is 4.33. The van der Waals surface area contributed by atoms with Crippen molar-refractivity contribution >= 4 is 5.91 Å². The number of carbonyl (C=O) groups is 1. The summed E-state index contributed by atoms with van der Waals surface area (Å²) >= 11 is 0. The van der Waals surface area contributed by atoms with Gasteiger partial charge in [0, 0.05) is 18.5 Å². The van der Waals surface area contributed by atoms with Crippen molar-refractivity contribution in [1.29, 1.82) is 0 Å². The maximum atomic E-state index is 12.1. The Morgan fingerprint density at radius 1 is 1.29 bits per heavy atom. The lowest BCUT2D eigenvalue weighted by Gasteiger charge is -2.26. The molecule has 3 atom stereocenters. The average Bonchev–Trinajstić information content (AvgIpc) is 2.42. The van der Waals surface area contributed by atoms with Crippen molar-refractivity contribution in [1.82, 2.24) is 4.90 Å². The summed E-state index contributed by atoms with van der Waals surface area (Å²) in [7, 11) is 0. The lowest BCUT2D eigenvalue weighted by molar-refractivity contribution is -0.136. The minimum absolute atomic E-state index is 0.169. The van der Waals surface area contributed by atoms with Crippen molar-refractivity contribution in [3.05, 3.63) is 0 Å². The third kappa shape index (κ3) is 2.28. The second-order valence-corrected chi connectivity index (χ2v) is 5.21. The van der Waals surface area contributed by atoms with Gasteiger partial charge in [-0.2, -0.15) is 0 Å². The van der Waals surface area contributed by atoms with Crippen molar-refractivity contribution in [2.75, 3.05) is 6.54 Å². The molecule has 82 valence electrons. The molecule has 2 heteroatoms. The number of amides is 1. The quantitative estimate of drug-likeness (QED) is 0.666. The van der Waals surface area contributed by atoms with Crippen LogP contribution < -0.4 is 0 Å². The van der Waals surface area contributed by atoms with Crippen LogP contribution in [0.25, 0.3) is 0 Å². The zero-order valence-electron chi connectivity index (χ0n) is 10.1. The fraction of sp³-hybridized carbons (Fsp3) is 0.917. The summed E-state index contributed by atoms with van der Waals surface area (Å²) in [5.74, 6) is 1.64. The first kappa shape index (κ1) is 11.5. The molecule has 0 spiro atoms. The van der Waals surface area contributed by atoms with Crippen molar-refractivity contribution in [2.24, 2.45) is 17.8 Å². The van der Waals surface area contributed by atoms with Gasteiger partial charge in [-0.3, -0.25) is 4.79 Å². The zero-order valence-corrected chi connectivity index (χ0v) is 10.1. The van der Waals surface area contributed by atoms with Gasteiger partial charge in [0.15, 0.2) is 0 Å². The highest BCUT2D eigenvalue weighted by Gasteiger charge is 2.32.